The topological polar surface area (TPSA) is 15.3 Å². The van der Waals surface area contributed by atoms with Gasteiger partial charge in [0, 0.05) is 31.2 Å². The smallest absolute Gasteiger partial charge is 0.137 e. The van der Waals surface area contributed by atoms with Crippen LogP contribution < -0.4 is 5.32 Å². The van der Waals surface area contributed by atoms with E-state index in [9.17, 15) is 4.39 Å². The van der Waals surface area contributed by atoms with Gasteiger partial charge in [-0.15, -0.1) is 0 Å². The number of hydrogen-bond acceptors (Lipinski definition) is 2. The van der Waals surface area contributed by atoms with Gasteiger partial charge in [0.05, 0.1) is 4.47 Å². The second-order valence-electron chi connectivity index (χ2n) is 6.08. The molecule has 0 radical (unpaired) electrons. The van der Waals surface area contributed by atoms with Crippen molar-refractivity contribution in [3.8, 4) is 0 Å². The summed E-state index contributed by atoms with van der Waals surface area (Å²) >= 11 is 3.29. The van der Waals surface area contributed by atoms with Gasteiger partial charge in [0.15, 0.2) is 0 Å². The highest BCUT2D eigenvalue weighted by Crippen LogP contribution is 2.26. The summed E-state index contributed by atoms with van der Waals surface area (Å²) in [6, 6.07) is 5.91. The molecule has 0 bridgehead atoms. The molecule has 1 atom stereocenters. The van der Waals surface area contributed by atoms with Crippen LogP contribution in [0.15, 0.2) is 22.7 Å². The largest absolute Gasteiger partial charge is 0.308 e. The third-order valence-corrected chi connectivity index (χ3v) is 5.54. The van der Waals surface area contributed by atoms with Gasteiger partial charge in [-0.3, -0.25) is 4.90 Å². The fraction of sp³-hybridized carbons (Fsp3) is 0.647. The Kier molecular flexibility index (Phi) is 5.81. The van der Waals surface area contributed by atoms with Crippen molar-refractivity contribution in [1.29, 1.82) is 0 Å². The molecule has 1 aromatic rings. The minimum Gasteiger partial charge on any atom is -0.308 e. The van der Waals surface area contributed by atoms with Crippen LogP contribution in [0.3, 0.4) is 0 Å². The van der Waals surface area contributed by atoms with Gasteiger partial charge >= 0.3 is 0 Å². The molecule has 0 aliphatic carbocycles. The molecule has 1 heterocycles. The number of nitrogens with zero attached hydrogens (tertiary/aromatic N) is 1. The molecule has 118 valence electrons. The van der Waals surface area contributed by atoms with Gasteiger partial charge in [-0.2, -0.15) is 0 Å². The molecule has 1 fully saturated rings. The maximum absolute atomic E-state index is 13.4. The molecule has 0 aromatic heterocycles. The maximum Gasteiger partial charge on any atom is 0.137 e. The predicted molar refractivity (Wildman–Crippen MR) is 89.9 cm³/mol. The molecule has 1 saturated heterocycles. The summed E-state index contributed by atoms with van der Waals surface area (Å²) in [5, 5.41) is 3.76. The van der Waals surface area contributed by atoms with Crippen molar-refractivity contribution >= 4 is 15.9 Å². The lowest BCUT2D eigenvalue weighted by atomic mass is 9.88. The lowest BCUT2D eigenvalue weighted by Gasteiger charge is -2.47. The van der Waals surface area contributed by atoms with Crippen LogP contribution in [0.4, 0.5) is 4.39 Å². The number of benzene rings is 1. The molecule has 1 aromatic carbocycles. The van der Waals surface area contributed by atoms with Crippen LogP contribution in [-0.2, 0) is 6.54 Å². The highest BCUT2D eigenvalue weighted by molar-refractivity contribution is 9.10. The molecule has 0 spiro atoms. The summed E-state index contributed by atoms with van der Waals surface area (Å²) in [6.45, 7) is 9.75. The van der Waals surface area contributed by atoms with Gasteiger partial charge in [-0.1, -0.05) is 26.8 Å². The van der Waals surface area contributed by atoms with Crippen LogP contribution in [-0.4, -0.2) is 29.6 Å². The Balaban J connectivity index is 2.15. The van der Waals surface area contributed by atoms with Crippen molar-refractivity contribution < 1.29 is 4.39 Å². The highest BCUT2D eigenvalue weighted by Gasteiger charge is 2.35. The lowest BCUT2D eigenvalue weighted by Crippen LogP contribution is -2.63. The zero-order valence-electron chi connectivity index (χ0n) is 13.3. The lowest BCUT2D eigenvalue weighted by molar-refractivity contribution is 0.0643. The first kappa shape index (κ1) is 16.9. The molecule has 4 heteroatoms. The molecular weight excluding hydrogens is 331 g/mol. The van der Waals surface area contributed by atoms with E-state index in [1.165, 1.54) is 5.56 Å². The van der Waals surface area contributed by atoms with E-state index in [1.54, 1.807) is 6.07 Å². The van der Waals surface area contributed by atoms with E-state index in [-0.39, 0.29) is 11.4 Å². The van der Waals surface area contributed by atoms with Crippen molar-refractivity contribution in [2.75, 3.05) is 13.1 Å². The van der Waals surface area contributed by atoms with Crippen LogP contribution in [0, 0.1) is 5.82 Å². The number of rotatable bonds is 5. The monoisotopic (exact) mass is 356 g/mol. The van der Waals surface area contributed by atoms with Gasteiger partial charge < -0.3 is 5.32 Å². The normalized spacial score (nSPS) is 22.4. The van der Waals surface area contributed by atoms with Crippen LogP contribution >= 0.6 is 15.9 Å². The quantitative estimate of drug-likeness (QED) is 0.844. The van der Waals surface area contributed by atoms with Crippen LogP contribution in [0.25, 0.3) is 0 Å². The molecule has 0 amide bonds. The van der Waals surface area contributed by atoms with Crippen molar-refractivity contribution in [2.24, 2.45) is 0 Å². The number of nitrogens with one attached hydrogen (secondary N) is 1. The number of piperazine rings is 1. The molecule has 0 saturated carbocycles. The van der Waals surface area contributed by atoms with Gasteiger partial charge in [-0.05, 0) is 52.9 Å². The maximum atomic E-state index is 13.4. The molecule has 1 N–H and O–H groups in total. The van der Waals surface area contributed by atoms with Gasteiger partial charge in [0.25, 0.3) is 0 Å². The third-order valence-electron chi connectivity index (χ3n) is 4.93. The van der Waals surface area contributed by atoms with Gasteiger partial charge in [0.2, 0.25) is 0 Å². The average molecular weight is 357 g/mol. The van der Waals surface area contributed by atoms with E-state index in [4.69, 9.17) is 0 Å². The first-order chi connectivity index (χ1) is 10.0. The first-order valence-electron chi connectivity index (χ1n) is 7.96. The van der Waals surface area contributed by atoms with E-state index in [0.29, 0.717) is 10.5 Å². The Bertz CT molecular complexity index is 474. The molecule has 1 aliphatic heterocycles. The predicted octanol–water partition coefficient (Wildman–Crippen LogP) is 4.33. The molecule has 2 rings (SSSR count). The summed E-state index contributed by atoms with van der Waals surface area (Å²) in [6.07, 6.45) is 3.42. The van der Waals surface area contributed by atoms with Crippen molar-refractivity contribution in [3.63, 3.8) is 0 Å². The molecular formula is C17H26BrFN2. The van der Waals surface area contributed by atoms with E-state index in [0.717, 1.165) is 38.9 Å². The summed E-state index contributed by atoms with van der Waals surface area (Å²) in [5.41, 5.74) is 1.40. The SMILES string of the molecule is CCC1CNC(CC)(CC)CN1Cc1ccc(F)c(Br)c1. The average Bonchev–Trinajstić information content (AvgIpc) is 2.51. The summed E-state index contributed by atoms with van der Waals surface area (Å²) in [7, 11) is 0. The Hall–Kier alpha value is -0.450. The minimum atomic E-state index is -0.192. The molecule has 2 nitrogen and oxygen atoms in total. The van der Waals surface area contributed by atoms with Crippen LogP contribution in [0.5, 0.6) is 0 Å². The molecule has 1 aliphatic rings. The highest BCUT2D eigenvalue weighted by atomic mass is 79.9. The summed E-state index contributed by atoms with van der Waals surface area (Å²) < 4.78 is 13.9. The summed E-state index contributed by atoms with van der Waals surface area (Å²) in [5.74, 6) is -0.192. The zero-order valence-corrected chi connectivity index (χ0v) is 14.8. The second-order valence-corrected chi connectivity index (χ2v) is 6.94. The second kappa shape index (κ2) is 7.21. The van der Waals surface area contributed by atoms with Crippen molar-refractivity contribution in [3.05, 3.63) is 34.1 Å². The molecule has 1 unspecified atom stereocenters. The van der Waals surface area contributed by atoms with E-state index in [1.807, 2.05) is 12.1 Å². The van der Waals surface area contributed by atoms with E-state index < -0.39 is 0 Å². The standard InChI is InChI=1S/C17H26BrFN2/c1-4-14-10-20-17(5-2,6-3)12-21(14)11-13-7-8-16(19)15(18)9-13/h7-9,14,20H,4-6,10-12H2,1-3H3. The zero-order chi connectivity index (χ0) is 15.5. The molecule has 21 heavy (non-hydrogen) atoms. The van der Waals surface area contributed by atoms with Crippen molar-refractivity contribution in [1.82, 2.24) is 10.2 Å². The Morgan fingerprint density at radius 3 is 2.62 bits per heavy atom. The Labute approximate surface area is 136 Å². The number of halogens is 2. The van der Waals surface area contributed by atoms with E-state index in [2.05, 4.69) is 46.9 Å². The summed E-state index contributed by atoms with van der Waals surface area (Å²) in [4.78, 5) is 2.56. The fourth-order valence-corrected chi connectivity index (χ4v) is 3.65. The minimum absolute atomic E-state index is 0.192. The Morgan fingerprint density at radius 2 is 2.05 bits per heavy atom. The first-order valence-corrected chi connectivity index (χ1v) is 8.76. The van der Waals surface area contributed by atoms with Gasteiger partial charge in [0.1, 0.15) is 5.82 Å². The van der Waals surface area contributed by atoms with Crippen molar-refractivity contribution in [2.45, 2.75) is 58.2 Å². The number of hydrogen-bond donors (Lipinski definition) is 1. The fourth-order valence-electron chi connectivity index (χ4n) is 3.22. The third kappa shape index (κ3) is 3.85. The van der Waals surface area contributed by atoms with E-state index >= 15 is 0 Å². The van der Waals surface area contributed by atoms with Gasteiger partial charge in [-0.25, -0.2) is 4.39 Å². The van der Waals surface area contributed by atoms with Crippen LogP contribution in [0.1, 0.15) is 45.6 Å². The van der Waals surface area contributed by atoms with Crippen LogP contribution in [0.2, 0.25) is 0 Å². The Morgan fingerprint density at radius 1 is 1.33 bits per heavy atom.